The molecule has 0 saturated heterocycles. The van der Waals surface area contributed by atoms with Gasteiger partial charge in [0, 0.05) is 18.0 Å². The van der Waals surface area contributed by atoms with E-state index in [-0.39, 0.29) is 0 Å². The minimum atomic E-state index is -0.997. The average Bonchev–Trinajstić information content (AvgIpc) is 3.20. The summed E-state index contributed by atoms with van der Waals surface area (Å²) >= 11 is 16.6. The number of thiocarbonyl (C=S) groups is 1. The van der Waals surface area contributed by atoms with E-state index in [9.17, 15) is 5.11 Å². The molecule has 0 heterocycles. The van der Waals surface area contributed by atoms with Crippen LogP contribution in [0.25, 0.3) is 0 Å². The summed E-state index contributed by atoms with van der Waals surface area (Å²) in [6, 6.07) is 7.55. The lowest BCUT2D eigenvalue weighted by molar-refractivity contribution is 0.0258. The van der Waals surface area contributed by atoms with E-state index >= 15 is 0 Å². The van der Waals surface area contributed by atoms with Gasteiger partial charge in [0.1, 0.15) is 5.60 Å². The van der Waals surface area contributed by atoms with Crippen LogP contribution >= 0.6 is 35.4 Å². The second kappa shape index (κ2) is 8.27. The van der Waals surface area contributed by atoms with Crippen LogP contribution in [0.5, 0.6) is 0 Å². The SMILES string of the molecule is CNNCC(O)(Cc1ccccc1Cl)C1(Cl)CC1.NC=S. The lowest BCUT2D eigenvalue weighted by Gasteiger charge is -2.33. The van der Waals surface area contributed by atoms with Crippen molar-refractivity contribution in [3.63, 3.8) is 0 Å². The van der Waals surface area contributed by atoms with Gasteiger partial charge in [-0.3, -0.25) is 10.9 Å². The first kappa shape index (κ1) is 18.6. The Kier molecular flexibility index (Phi) is 7.33. The summed E-state index contributed by atoms with van der Waals surface area (Å²) in [5.41, 5.74) is 11.3. The number of hydrogen-bond acceptors (Lipinski definition) is 4. The zero-order chi connectivity index (χ0) is 15.9. The maximum atomic E-state index is 10.8. The van der Waals surface area contributed by atoms with Crippen molar-refractivity contribution in [2.45, 2.75) is 29.7 Å². The number of hydrazine groups is 1. The molecule has 0 bridgehead atoms. The van der Waals surface area contributed by atoms with Gasteiger partial charge in [-0.25, -0.2) is 0 Å². The largest absolute Gasteiger partial charge is 0.396 e. The topological polar surface area (TPSA) is 70.3 Å². The highest BCUT2D eigenvalue weighted by atomic mass is 35.5. The fraction of sp³-hybridized carbons (Fsp3) is 0.500. The van der Waals surface area contributed by atoms with Crippen LogP contribution in [-0.2, 0) is 6.42 Å². The minimum Gasteiger partial charge on any atom is -0.396 e. The lowest BCUT2D eigenvalue weighted by atomic mass is 9.89. The quantitative estimate of drug-likeness (QED) is 0.359. The number of nitrogens with two attached hydrogens (primary N) is 1. The zero-order valence-electron chi connectivity index (χ0n) is 11.9. The summed E-state index contributed by atoms with van der Waals surface area (Å²) < 4.78 is 0. The Labute approximate surface area is 141 Å². The van der Waals surface area contributed by atoms with Crippen LogP contribution in [-0.4, -0.2) is 34.7 Å². The predicted molar refractivity (Wildman–Crippen MR) is 92.8 cm³/mol. The van der Waals surface area contributed by atoms with Gasteiger partial charge in [-0.15, -0.1) is 11.6 Å². The monoisotopic (exact) mass is 349 g/mol. The standard InChI is InChI=1S/C13H18Cl2N2O.CH3NS/c1-16-17-9-13(18,12(15)6-7-12)8-10-4-2-3-5-11(10)14;2-1-3/h2-5,16-18H,6-9H2,1H3;1H,(H2,2,3). The molecular formula is C14H21Cl2N3OS. The van der Waals surface area contributed by atoms with Crippen LogP contribution in [0.2, 0.25) is 5.02 Å². The number of hydrogen-bond donors (Lipinski definition) is 4. The fourth-order valence-electron chi connectivity index (χ4n) is 2.15. The van der Waals surface area contributed by atoms with E-state index < -0.39 is 10.5 Å². The van der Waals surface area contributed by atoms with Gasteiger partial charge in [0.25, 0.3) is 0 Å². The van der Waals surface area contributed by atoms with Crippen molar-refractivity contribution in [2.75, 3.05) is 13.6 Å². The van der Waals surface area contributed by atoms with Crippen molar-refractivity contribution >= 4 is 40.9 Å². The van der Waals surface area contributed by atoms with Gasteiger partial charge < -0.3 is 10.8 Å². The molecule has 0 amide bonds. The lowest BCUT2D eigenvalue weighted by Crippen LogP contribution is -2.53. The number of benzene rings is 1. The molecule has 0 radical (unpaired) electrons. The van der Waals surface area contributed by atoms with Crippen molar-refractivity contribution in [3.05, 3.63) is 34.9 Å². The van der Waals surface area contributed by atoms with Crippen molar-refractivity contribution in [3.8, 4) is 0 Å². The first-order chi connectivity index (χ1) is 9.92. The molecule has 1 aromatic carbocycles. The molecule has 0 aromatic heterocycles. The molecule has 1 fully saturated rings. The van der Waals surface area contributed by atoms with E-state index in [1.807, 2.05) is 24.3 Å². The van der Waals surface area contributed by atoms with E-state index in [1.54, 1.807) is 7.05 Å². The van der Waals surface area contributed by atoms with E-state index in [1.165, 1.54) is 0 Å². The van der Waals surface area contributed by atoms with Gasteiger partial charge in [-0.05, 0) is 31.5 Å². The first-order valence-electron chi connectivity index (χ1n) is 6.62. The summed E-state index contributed by atoms with van der Waals surface area (Å²) in [6.07, 6.45) is 2.12. The number of aliphatic hydroxyl groups is 1. The normalized spacial score (nSPS) is 18.1. The third kappa shape index (κ3) is 5.06. The maximum absolute atomic E-state index is 10.8. The molecule has 1 aliphatic carbocycles. The molecule has 1 saturated carbocycles. The van der Waals surface area contributed by atoms with Crippen molar-refractivity contribution in [1.29, 1.82) is 0 Å². The Morgan fingerprint density at radius 1 is 1.48 bits per heavy atom. The molecule has 118 valence electrons. The average molecular weight is 350 g/mol. The highest BCUT2D eigenvalue weighted by Gasteiger charge is 2.57. The number of alkyl halides is 1. The summed E-state index contributed by atoms with van der Waals surface area (Å²) in [7, 11) is 1.77. The Morgan fingerprint density at radius 2 is 2.05 bits per heavy atom. The molecule has 7 heteroatoms. The van der Waals surface area contributed by atoms with E-state index in [0.717, 1.165) is 23.9 Å². The molecule has 2 rings (SSSR count). The molecule has 1 aromatic rings. The van der Waals surface area contributed by atoms with Crippen LogP contribution < -0.4 is 16.6 Å². The molecule has 0 aliphatic heterocycles. The van der Waals surface area contributed by atoms with E-state index in [0.29, 0.717) is 18.0 Å². The fourth-order valence-corrected chi connectivity index (χ4v) is 2.58. The van der Waals surface area contributed by atoms with E-state index in [4.69, 9.17) is 23.2 Å². The smallest absolute Gasteiger partial charge is 0.102 e. The van der Waals surface area contributed by atoms with Crippen LogP contribution in [0.1, 0.15) is 18.4 Å². The highest BCUT2D eigenvalue weighted by Crippen LogP contribution is 2.52. The molecule has 1 unspecified atom stereocenters. The van der Waals surface area contributed by atoms with Crippen molar-refractivity contribution in [2.24, 2.45) is 5.73 Å². The Balaban J connectivity index is 0.000000677. The molecule has 1 aliphatic rings. The van der Waals surface area contributed by atoms with Gasteiger partial charge in [0.2, 0.25) is 0 Å². The number of nitrogens with one attached hydrogen (secondary N) is 2. The third-order valence-corrected chi connectivity index (χ3v) is 4.62. The summed E-state index contributed by atoms with van der Waals surface area (Å²) in [6.45, 7) is 0.387. The Bertz CT molecular complexity index is 471. The Morgan fingerprint density at radius 3 is 2.52 bits per heavy atom. The zero-order valence-corrected chi connectivity index (χ0v) is 14.2. The molecule has 0 spiro atoms. The van der Waals surface area contributed by atoms with Crippen molar-refractivity contribution < 1.29 is 5.11 Å². The van der Waals surface area contributed by atoms with Crippen LogP contribution in [0, 0.1) is 0 Å². The van der Waals surface area contributed by atoms with Crippen LogP contribution in [0.15, 0.2) is 24.3 Å². The number of rotatable bonds is 6. The summed E-state index contributed by atoms with van der Waals surface area (Å²) in [5, 5.41) is 11.5. The molecule has 1 atom stereocenters. The molecule has 5 N–H and O–H groups in total. The maximum Gasteiger partial charge on any atom is 0.102 e. The van der Waals surface area contributed by atoms with Gasteiger partial charge in [0.15, 0.2) is 0 Å². The first-order valence-corrected chi connectivity index (χ1v) is 7.85. The second-order valence-corrected chi connectivity index (χ2v) is 6.41. The van der Waals surface area contributed by atoms with Gasteiger partial charge in [-0.2, -0.15) is 0 Å². The summed E-state index contributed by atoms with van der Waals surface area (Å²) in [4.78, 5) is -0.532. The van der Waals surface area contributed by atoms with Crippen molar-refractivity contribution in [1.82, 2.24) is 10.9 Å². The second-order valence-electron chi connectivity index (χ2n) is 5.00. The molecule has 4 nitrogen and oxygen atoms in total. The Hall–Kier alpha value is -0.430. The molecular weight excluding hydrogens is 329 g/mol. The molecule has 21 heavy (non-hydrogen) atoms. The van der Waals surface area contributed by atoms with Gasteiger partial charge in [-0.1, -0.05) is 42.0 Å². The minimum absolute atomic E-state index is 0.387. The van der Waals surface area contributed by atoms with Crippen LogP contribution in [0.4, 0.5) is 0 Å². The van der Waals surface area contributed by atoms with Gasteiger partial charge >= 0.3 is 0 Å². The third-order valence-electron chi connectivity index (χ3n) is 3.52. The number of halogens is 2. The van der Waals surface area contributed by atoms with E-state index in [2.05, 4.69) is 28.8 Å². The van der Waals surface area contributed by atoms with Crippen LogP contribution in [0.3, 0.4) is 0 Å². The summed E-state index contributed by atoms with van der Waals surface area (Å²) in [5.74, 6) is 0. The van der Waals surface area contributed by atoms with Gasteiger partial charge in [0.05, 0.1) is 10.4 Å². The predicted octanol–water partition coefficient (Wildman–Crippen LogP) is 2.01. The highest BCUT2D eigenvalue weighted by molar-refractivity contribution is 7.78.